The first-order chi connectivity index (χ1) is 22.6. The Morgan fingerprint density at radius 3 is 1.40 bits per heavy atom. The highest BCUT2D eigenvalue weighted by Gasteiger charge is 2.36. The van der Waals surface area contributed by atoms with E-state index in [0.29, 0.717) is 93.3 Å². The number of aliphatic hydroxyl groups excluding tert-OH is 2. The second-order valence-electron chi connectivity index (χ2n) is 12.6. The van der Waals surface area contributed by atoms with E-state index in [0.717, 1.165) is 0 Å². The SMILES string of the molecule is C[C@@]1(N)CCN(c2cnc(-c3cccc(Cl)c3Cl)c(N)n2)C[C@H]1O.C[C@]1(N)CCN(c2cnc(-c3cccc(Cl)c3Cl)c(N)n2)C[C@@H]1O. The fourth-order valence-corrected chi connectivity index (χ4v) is 6.18. The van der Waals surface area contributed by atoms with Gasteiger partial charge in [0.2, 0.25) is 0 Å². The molecule has 2 aromatic heterocycles. The van der Waals surface area contributed by atoms with Gasteiger partial charge in [-0.1, -0.05) is 70.7 Å². The lowest BCUT2D eigenvalue weighted by atomic mass is 9.88. The van der Waals surface area contributed by atoms with Crippen molar-refractivity contribution < 1.29 is 10.2 Å². The molecule has 0 amide bonds. The molecule has 0 saturated carbocycles. The van der Waals surface area contributed by atoms with Crippen LogP contribution in [0.1, 0.15) is 26.7 Å². The van der Waals surface area contributed by atoms with E-state index in [9.17, 15) is 10.2 Å². The zero-order chi connectivity index (χ0) is 35.0. The molecule has 2 saturated heterocycles. The van der Waals surface area contributed by atoms with Crippen LogP contribution in [0.5, 0.6) is 0 Å². The summed E-state index contributed by atoms with van der Waals surface area (Å²) in [6.07, 6.45) is 3.26. The fraction of sp³-hybridized carbons (Fsp3) is 0.375. The van der Waals surface area contributed by atoms with Gasteiger partial charge in [0.1, 0.15) is 23.0 Å². The minimum atomic E-state index is -0.642. The first-order valence-electron chi connectivity index (χ1n) is 15.2. The van der Waals surface area contributed by atoms with E-state index in [4.69, 9.17) is 69.3 Å². The summed E-state index contributed by atoms with van der Waals surface area (Å²) in [7, 11) is 0. The third-order valence-electron chi connectivity index (χ3n) is 8.78. The molecule has 10 N–H and O–H groups in total. The molecule has 2 aliphatic rings. The quantitative estimate of drug-likeness (QED) is 0.170. The summed E-state index contributed by atoms with van der Waals surface area (Å²) in [5, 5.41) is 22.0. The largest absolute Gasteiger partial charge is 0.389 e. The fourth-order valence-electron chi connectivity index (χ4n) is 5.40. The van der Waals surface area contributed by atoms with Crippen molar-refractivity contribution in [2.24, 2.45) is 11.5 Å². The topological polar surface area (TPSA) is 203 Å². The molecule has 0 unspecified atom stereocenters. The van der Waals surface area contributed by atoms with Crippen molar-refractivity contribution >= 4 is 69.7 Å². The van der Waals surface area contributed by atoms with Crippen LogP contribution < -0.4 is 32.7 Å². The van der Waals surface area contributed by atoms with Gasteiger partial charge in [0.05, 0.1) is 44.7 Å². The Balaban J connectivity index is 0.000000188. The molecule has 12 nitrogen and oxygen atoms in total. The number of β-amino-alcohol motifs (C(OH)–C–C–N with tert-alkyl or cyclic N) is 2. The second-order valence-corrected chi connectivity index (χ2v) is 14.1. The van der Waals surface area contributed by atoms with E-state index in [2.05, 4.69) is 19.9 Å². The van der Waals surface area contributed by atoms with E-state index < -0.39 is 23.3 Å². The van der Waals surface area contributed by atoms with Crippen molar-refractivity contribution in [3.05, 3.63) is 68.9 Å². The number of nitrogens with two attached hydrogens (primary N) is 4. The molecule has 48 heavy (non-hydrogen) atoms. The lowest BCUT2D eigenvalue weighted by molar-refractivity contribution is 0.0792. The highest BCUT2D eigenvalue weighted by atomic mass is 35.5. The minimum Gasteiger partial charge on any atom is -0.389 e. The Bertz CT molecular complexity index is 1670. The number of benzene rings is 2. The molecule has 4 aromatic rings. The van der Waals surface area contributed by atoms with Crippen molar-refractivity contribution in [2.45, 2.75) is 50.0 Å². The molecule has 256 valence electrons. The highest BCUT2D eigenvalue weighted by molar-refractivity contribution is 6.44. The smallest absolute Gasteiger partial charge is 0.152 e. The number of rotatable bonds is 4. The Morgan fingerprint density at radius 1 is 0.688 bits per heavy atom. The molecule has 0 bridgehead atoms. The highest BCUT2D eigenvalue weighted by Crippen LogP contribution is 2.37. The van der Waals surface area contributed by atoms with E-state index in [-0.39, 0.29) is 11.6 Å². The first kappa shape index (κ1) is 36.1. The van der Waals surface area contributed by atoms with Crippen LogP contribution in [0.3, 0.4) is 0 Å². The maximum atomic E-state index is 10.2. The number of nitrogens with zero attached hydrogens (tertiary/aromatic N) is 6. The van der Waals surface area contributed by atoms with Crippen LogP contribution in [-0.4, -0.2) is 79.6 Å². The molecule has 4 atom stereocenters. The van der Waals surface area contributed by atoms with E-state index >= 15 is 0 Å². The number of hydrogen-bond acceptors (Lipinski definition) is 12. The maximum Gasteiger partial charge on any atom is 0.152 e. The monoisotopic (exact) mass is 734 g/mol. The molecular weight excluding hydrogens is 698 g/mol. The number of halogens is 4. The Labute approximate surface area is 299 Å². The predicted octanol–water partition coefficient (Wildman–Crippen LogP) is 4.64. The van der Waals surface area contributed by atoms with Gasteiger partial charge in [-0.15, -0.1) is 0 Å². The van der Waals surface area contributed by atoms with E-state index in [1.807, 2.05) is 23.6 Å². The Morgan fingerprint density at radius 2 is 1.06 bits per heavy atom. The van der Waals surface area contributed by atoms with Gasteiger partial charge < -0.3 is 42.9 Å². The second kappa shape index (κ2) is 14.3. The van der Waals surface area contributed by atoms with Crippen LogP contribution in [0.15, 0.2) is 48.8 Å². The van der Waals surface area contributed by atoms with Gasteiger partial charge in [0.25, 0.3) is 0 Å². The summed E-state index contributed by atoms with van der Waals surface area (Å²) in [5.41, 5.74) is 25.3. The lowest BCUT2D eigenvalue weighted by Crippen LogP contribution is -2.59. The summed E-state index contributed by atoms with van der Waals surface area (Å²) in [5.74, 6) is 1.72. The number of nitrogen functional groups attached to an aromatic ring is 2. The van der Waals surface area contributed by atoms with Gasteiger partial charge >= 0.3 is 0 Å². The molecule has 16 heteroatoms. The molecule has 0 radical (unpaired) electrons. The van der Waals surface area contributed by atoms with Gasteiger partial charge in [0, 0.05) is 48.4 Å². The standard InChI is InChI=1S/2C16H19Cl2N5O/c2*1-16(20)5-6-23(8-11(16)24)12-7-21-14(15(19)22-12)9-3-2-4-10(17)13(9)18/h2*2-4,7,11,24H,5-6,8,20H2,1H3,(H2,19,22)/t2*11-,16-/m10/s1. The Hall–Kier alpha value is -3.20. The number of aromatic nitrogens is 4. The van der Waals surface area contributed by atoms with Gasteiger partial charge in [-0.05, 0) is 38.8 Å². The van der Waals surface area contributed by atoms with Crippen LogP contribution in [0, 0.1) is 0 Å². The van der Waals surface area contributed by atoms with Crippen molar-refractivity contribution in [3.8, 4) is 22.5 Å². The lowest BCUT2D eigenvalue weighted by Gasteiger charge is -2.41. The van der Waals surface area contributed by atoms with Crippen molar-refractivity contribution in [2.75, 3.05) is 47.4 Å². The van der Waals surface area contributed by atoms with Gasteiger partial charge in [-0.25, -0.2) is 19.9 Å². The van der Waals surface area contributed by atoms with Crippen LogP contribution in [0.4, 0.5) is 23.3 Å². The van der Waals surface area contributed by atoms with Crippen molar-refractivity contribution in [1.29, 1.82) is 0 Å². The maximum absolute atomic E-state index is 10.2. The van der Waals surface area contributed by atoms with Crippen LogP contribution in [0.25, 0.3) is 22.5 Å². The van der Waals surface area contributed by atoms with Crippen LogP contribution in [-0.2, 0) is 0 Å². The molecule has 4 heterocycles. The van der Waals surface area contributed by atoms with Gasteiger partial charge in [0.15, 0.2) is 11.6 Å². The van der Waals surface area contributed by atoms with Gasteiger partial charge in [-0.3, -0.25) is 0 Å². The number of aliphatic hydroxyl groups is 2. The van der Waals surface area contributed by atoms with Gasteiger partial charge in [-0.2, -0.15) is 0 Å². The number of piperidine rings is 2. The molecule has 0 aliphatic carbocycles. The predicted molar refractivity (Wildman–Crippen MR) is 195 cm³/mol. The average Bonchev–Trinajstić information content (AvgIpc) is 3.03. The summed E-state index contributed by atoms with van der Waals surface area (Å²) < 4.78 is 0. The molecule has 0 spiro atoms. The molecule has 2 aromatic carbocycles. The summed E-state index contributed by atoms with van der Waals surface area (Å²) in [6.45, 7) is 5.82. The van der Waals surface area contributed by atoms with Crippen LogP contribution in [0.2, 0.25) is 20.1 Å². The summed E-state index contributed by atoms with van der Waals surface area (Å²) >= 11 is 24.5. The number of hydrogen-bond donors (Lipinski definition) is 6. The summed E-state index contributed by atoms with van der Waals surface area (Å²) in [4.78, 5) is 21.5. The third-order valence-corrected chi connectivity index (χ3v) is 10.4. The third kappa shape index (κ3) is 7.66. The minimum absolute atomic E-state index is 0.257. The molecule has 2 aliphatic heterocycles. The number of anilines is 4. The van der Waals surface area contributed by atoms with Crippen molar-refractivity contribution in [3.63, 3.8) is 0 Å². The van der Waals surface area contributed by atoms with Crippen LogP contribution >= 0.6 is 46.4 Å². The zero-order valence-corrected chi connectivity index (χ0v) is 29.4. The van der Waals surface area contributed by atoms with Crippen molar-refractivity contribution in [1.82, 2.24) is 19.9 Å². The molecule has 2 fully saturated rings. The Kier molecular flexibility index (Phi) is 10.8. The molecular formula is C32H38Cl4N10O2. The summed E-state index contributed by atoms with van der Waals surface area (Å²) in [6, 6.07) is 10.5. The normalized spacial score (nSPS) is 24.2. The zero-order valence-electron chi connectivity index (χ0n) is 26.4. The van der Waals surface area contributed by atoms with E-state index in [1.165, 1.54) is 0 Å². The first-order valence-corrected chi connectivity index (χ1v) is 16.7. The van der Waals surface area contributed by atoms with E-state index in [1.54, 1.807) is 48.8 Å². The average molecular weight is 737 g/mol. The molecule has 6 rings (SSSR count).